The quantitative estimate of drug-likeness (QED) is 0.854. The van der Waals surface area contributed by atoms with Crippen molar-refractivity contribution in [2.75, 3.05) is 26.7 Å². The number of nitrogens with zero attached hydrogens (tertiary/aromatic N) is 2. The molecule has 2 atom stereocenters. The molecule has 0 aromatic carbocycles. The SMILES string of the molecule is CCN1CCC(N(C)C(=O)C[C@@H]2CCC[C@H]2N)CC1.Cl.Cl. The van der Waals surface area contributed by atoms with Crippen LogP contribution < -0.4 is 5.73 Å². The first-order valence-electron chi connectivity index (χ1n) is 7.85. The number of halogens is 2. The van der Waals surface area contributed by atoms with Crippen LogP contribution in [0.15, 0.2) is 0 Å². The Morgan fingerprint density at radius 2 is 1.81 bits per heavy atom. The molecule has 1 saturated carbocycles. The van der Waals surface area contributed by atoms with E-state index in [1.54, 1.807) is 0 Å². The summed E-state index contributed by atoms with van der Waals surface area (Å²) >= 11 is 0. The Hall–Kier alpha value is -0.0300. The highest BCUT2D eigenvalue weighted by Crippen LogP contribution is 2.28. The molecule has 0 radical (unpaired) electrons. The number of amides is 1. The number of likely N-dealkylation sites (tertiary alicyclic amines) is 1. The van der Waals surface area contributed by atoms with Gasteiger partial charge in [-0.15, -0.1) is 24.8 Å². The number of rotatable bonds is 4. The van der Waals surface area contributed by atoms with E-state index in [-0.39, 0.29) is 30.9 Å². The van der Waals surface area contributed by atoms with Crippen LogP contribution in [0.5, 0.6) is 0 Å². The summed E-state index contributed by atoms with van der Waals surface area (Å²) in [4.78, 5) is 16.8. The van der Waals surface area contributed by atoms with Crippen LogP contribution in [0.4, 0.5) is 0 Å². The second-order valence-electron chi connectivity index (χ2n) is 6.23. The first-order valence-corrected chi connectivity index (χ1v) is 7.85. The van der Waals surface area contributed by atoms with Crippen molar-refractivity contribution in [3.8, 4) is 0 Å². The van der Waals surface area contributed by atoms with Crippen LogP contribution in [-0.4, -0.2) is 54.5 Å². The molecular weight excluding hydrogens is 309 g/mol. The van der Waals surface area contributed by atoms with E-state index < -0.39 is 0 Å². The maximum atomic E-state index is 12.4. The largest absolute Gasteiger partial charge is 0.343 e. The maximum absolute atomic E-state index is 12.4. The van der Waals surface area contributed by atoms with Crippen molar-refractivity contribution in [1.29, 1.82) is 0 Å². The van der Waals surface area contributed by atoms with E-state index in [4.69, 9.17) is 5.73 Å². The average Bonchev–Trinajstić information content (AvgIpc) is 2.83. The van der Waals surface area contributed by atoms with Crippen LogP contribution in [0.2, 0.25) is 0 Å². The number of carbonyl (C=O) groups excluding carboxylic acids is 1. The van der Waals surface area contributed by atoms with Gasteiger partial charge < -0.3 is 15.5 Å². The minimum Gasteiger partial charge on any atom is -0.343 e. The molecule has 0 aromatic rings. The first-order chi connectivity index (χ1) is 9.11. The summed E-state index contributed by atoms with van der Waals surface area (Å²) in [5.74, 6) is 0.725. The third-order valence-electron chi connectivity index (χ3n) is 5.10. The van der Waals surface area contributed by atoms with Gasteiger partial charge in [-0.2, -0.15) is 0 Å². The highest BCUT2D eigenvalue weighted by atomic mass is 35.5. The van der Waals surface area contributed by atoms with Gasteiger partial charge in [-0.1, -0.05) is 13.3 Å². The summed E-state index contributed by atoms with van der Waals surface area (Å²) in [5.41, 5.74) is 6.06. The van der Waals surface area contributed by atoms with E-state index in [1.807, 2.05) is 11.9 Å². The Morgan fingerprint density at radius 3 is 2.29 bits per heavy atom. The predicted octanol–water partition coefficient (Wildman–Crippen LogP) is 2.29. The van der Waals surface area contributed by atoms with E-state index in [0.717, 1.165) is 45.3 Å². The maximum Gasteiger partial charge on any atom is 0.222 e. The standard InChI is InChI=1S/C15H29N3O.2ClH/c1-3-18-9-7-13(8-10-18)17(2)15(19)11-12-5-4-6-14(12)16;;/h12-14H,3-11,16H2,1-2H3;2*1H/t12-,14+;;/m0../s1. The lowest BCUT2D eigenvalue weighted by Gasteiger charge is -2.36. The highest BCUT2D eigenvalue weighted by Gasteiger charge is 2.30. The minimum absolute atomic E-state index is 0. The first kappa shape index (κ1) is 21.0. The molecule has 0 unspecified atom stereocenters. The molecular formula is C15H31Cl2N3O. The van der Waals surface area contributed by atoms with Gasteiger partial charge in [0.25, 0.3) is 0 Å². The fourth-order valence-electron chi connectivity index (χ4n) is 3.51. The molecule has 0 aromatic heterocycles. The predicted molar refractivity (Wildman–Crippen MR) is 92.3 cm³/mol. The number of piperidine rings is 1. The Balaban J connectivity index is 0.00000200. The van der Waals surface area contributed by atoms with Gasteiger partial charge in [0.1, 0.15) is 0 Å². The fraction of sp³-hybridized carbons (Fsp3) is 0.933. The number of nitrogens with two attached hydrogens (primary N) is 1. The molecule has 21 heavy (non-hydrogen) atoms. The van der Waals surface area contributed by atoms with Gasteiger partial charge in [-0.05, 0) is 38.1 Å². The zero-order chi connectivity index (χ0) is 13.8. The second kappa shape index (κ2) is 9.88. The van der Waals surface area contributed by atoms with Gasteiger partial charge in [-0.3, -0.25) is 4.79 Å². The van der Waals surface area contributed by atoms with Crippen LogP contribution in [0.1, 0.15) is 45.4 Å². The van der Waals surface area contributed by atoms with E-state index in [1.165, 1.54) is 6.42 Å². The van der Waals surface area contributed by atoms with Crippen LogP contribution >= 0.6 is 24.8 Å². The number of hydrogen-bond acceptors (Lipinski definition) is 3. The van der Waals surface area contributed by atoms with Crippen molar-refractivity contribution in [2.45, 2.75) is 57.5 Å². The topological polar surface area (TPSA) is 49.6 Å². The van der Waals surface area contributed by atoms with Gasteiger partial charge in [0.15, 0.2) is 0 Å². The van der Waals surface area contributed by atoms with Gasteiger partial charge in [0.05, 0.1) is 0 Å². The molecule has 1 aliphatic heterocycles. The molecule has 0 spiro atoms. The van der Waals surface area contributed by atoms with E-state index in [9.17, 15) is 4.79 Å². The molecule has 2 aliphatic rings. The lowest BCUT2D eigenvalue weighted by Crippen LogP contribution is -2.46. The Morgan fingerprint density at radius 1 is 1.19 bits per heavy atom. The lowest BCUT2D eigenvalue weighted by atomic mass is 9.97. The summed E-state index contributed by atoms with van der Waals surface area (Å²) in [7, 11) is 1.98. The summed E-state index contributed by atoms with van der Waals surface area (Å²) in [5, 5.41) is 0. The smallest absolute Gasteiger partial charge is 0.222 e. The summed E-state index contributed by atoms with van der Waals surface area (Å²) in [6, 6.07) is 0.687. The number of hydrogen-bond donors (Lipinski definition) is 1. The molecule has 2 fully saturated rings. The van der Waals surface area contributed by atoms with Crippen molar-refractivity contribution in [3.63, 3.8) is 0 Å². The normalized spacial score (nSPS) is 26.8. The van der Waals surface area contributed by atoms with Crippen LogP contribution in [0.25, 0.3) is 0 Å². The molecule has 0 bridgehead atoms. The third-order valence-corrected chi connectivity index (χ3v) is 5.10. The van der Waals surface area contributed by atoms with Crippen LogP contribution in [0, 0.1) is 5.92 Å². The van der Waals surface area contributed by atoms with Gasteiger partial charge in [0.2, 0.25) is 5.91 Å². The Kier molecular flexibility index (Phi) is 9.87. The third kappa shape index (κ3) is 5.59. The van der Waals surface area contributed by atoms with Gasteiger partial charge in [-0.25, -0.2) is 0 Å². The summed E-state index contributed by atoms with van der Waals surface area (Å²) in [6.07, 6.45) is 6.31. The zero-order valence-electron chi connectivity index (χ0n) is 13.3. The summed E-state index contributed by atoms with van der Waals surface area (Å²) in [6.45, 7) is 5.58. The van der Waals surface area contributed by atoms with Crippen molar-refractivity contribution in [2.24, 2.45) is 11.7 Å². The Labute approximate surface area is 141 Å². The molecule has 1 saturated heterocycles. The molecule has 6 heteroatoms. The lowest BCUT2D eigenvalue weighted by molar-refractivity contribution is -0.133. The second-order valence-corrected chi connectivity index (χ2v) is 6.23. The van der Waals surface area contributed by atoms with Gasteiger partial charge in [0, 0.05) is 38.6 Å². The molecule has 4 nitrogen and oxygen atoms in total. The zero-order valence-corrected chi connectivity index (χ0v) is 14.9. The average molecular weight is 340 g/mol. The van der Waals surface area contributed by atoms with E-state index in [2.05, 4.69) is 11.8 Å². The molecule has 1 aliphatic carbocycles. The number of carbonyl (C=O) groups is 1. The molecule has 2 rings (SSSR count). The Bertz CT molecular complexity index is 309. The monoisotopic (exact) mass is 339 g/mol. The van der Waals surface area contributed by atoms with E-state index >= 15 is 0 Å². The fourth-order valence-corrected chi connectivity index (χ4v) is 3.51. The van der Waals surface area contributed by atoms with Crippen molar-refractivity contribution in [3.05, 3.63) is 0 Å². The summed E-state index contributed by atoms with van der Waals surface area (Å²) < 4.78 is 0. The van der Waals surface area contributed by atoms with Crippen LogP contribution in [-0.2, 0) is 4.79 Å². The molecule has 2 N–H and O–H groups in total. The van der Waals surface area contributed by atoms with Crippen molar-refractivity contribution in [1.82, 2.24) is 9.80 Å². The molecule has 1 amide bonds. The minimum atomic E-state index is 0. The molecule has 1 heterocycles. The van der Waals surface area contributed by atoms with Crippen molar-refractivity contribution < 1.29 is 4.79 Å². The van der Waals surface area contributed by atoms with Crippen LogP contribution in [0.3, 0.4) is 0 Å². The van der Waals surface area contributed by atoms with E-state index in [0.29, 0.717) is 24.3 Å². The molecule has 126 valence electrons. The van der Waals surface area contributed by atoms with Crippen molar-refractivity contribution >= 4 is 30.7 Å². The van der Waals surface area contributed by atoms with Gasteiger partial charge >= 0.3 is 0 Å². The highest BCUT2D eigenvalue weighted by molar-refractivity contribution is 5.85.